The molecule has 3 atom stereocenters. The lowest BCUT2D eigenvalue weighted by atomic mass is 9.84. The van der Waals surface area contributed by atoms with Crippen LogP contribution in [0.1, 0.15) is 49.7 Å². The minimum absolute atomic E-state index is 0.0921. The number of hydrogen-bond donors (Lipinski definition) is 0. The topological polar surface area (TPSA) is 44.8 Å². The molecule has 4 rings (SSSR count). The third-order valence-corrected chi connectivity index (χ3v) is 6.57. The van der Waals surface area contributed by atoms with E-state index in [1.807, 2.05) is 50.2 Å². The van der Waals surface area contributed by atoms with Crippen LogP contribution in [0, 0.1) is 0 Å². The summed E-state index contributed by atoms with van der Waals surface area (Å²) in [5.74, 6) is 2.22. The van der Waals surface area contributed by atoms with Crippen molar-refractivity contribution in [2.75, 3.05) is 26.9 Å². The Morgan fingerprint density at radius 3 is 2.50 bits per heavy atom. The van der Waals surface area contributed by atoms with Crippen molar-refractivity contribution in [2.24, 2.45) is 0 Å². The first kappa shape index (κ1) is 21.0. The molecule has 1 saturated heterocycles. The van der Waals surface area contributed by atoms with Gasteiger partial charge in [-0.15, -0.1) is 0 Å². The van der Waals surface area contributed by atoms with Crippen molar-refractivity contribution in [1.29, 1.82) is 0 Å². The summed E-state index contributed by atoms with van der Waals surface area (Å²) in [4.78, 5) is 12.2. The number of nitrogens with zero attached hydrogens (tertiary/aromatic N) is 1. The number of fused-ring (bicyclic) bond motifs is 5. The zero-order valence-corrected chi connectivity index (χ0v) is 18.5. The van der Waals surface area contributed by atoms with E-state index in [4.69, 9.17) is 25.8 Å². The summed E-state index contributed by atoms with van der Waals surface area (Å²) in [7, 11) is 2.13. The number of likely N-dealkylation sites (N-methyl/N-ethyl adjacent to an activating group) is 1. The highest BCUT2D eigenvalue weighted by atomic mass is 35.5. The summed E-state index contributed by atoms with van der Waals surface area (Å²) in [6.45, 7) is 5.96. The quantitative estimate of drug-likeness (QED) is 0.426. The van der Waals surface area contributed by atoms with Crippen LogP contribution in [-0.4, -0.2) is 43.6 Å². The molecule has 160 valence electrons. The molecule has 2 aliphatic rings. The fourth-order valence-electron chi connectivity index (χ4n) is 4.75. The lowest BCUT2D eigenvalue weighted by molar-refractivity contribution is -0.915. The molecule has 30 heavy (non-hydrogen) atoms. The molecule has 2 aromatic carbocycles. The highest BCUT2D eigenvalue weighted by Crippen LogP contribution is 2.51. The summed E-state index contributed by atoms with van der Waals surface area (Å²) in [5, 5.41) is 0.702. The van der Waals surface area contributed by atoms with Crippen LogP contribution >= 0.6 is 11.6 Å². The first-order valence-electron chi connectivity index (χ1n) is 10.7. The number of carbonyl (C=O) groups is 1. The second kappa shape index (κ2) is 8.48. The number of para-hydroxylation sites is 1. The van der Waals surface area contributed by atoms with Crippen molar-refractivity contribution in [3.63, 3.8) is 0 Å². The molecule has 0 N–H and O–H groups in total. The minimum atomic E-state index is -0.581. The highest BCUT2D eigenvalue weighted by molar-refractivity contribution is 6.30. The molecule has 0 bridgehead atoms. The smallest absolute Gasteiger partial charge is 0.457 e. The van der Waals surface area contributed by atoms with Crippen LogP contribution in [0.2, 0.25) is 5.02 Å². The summed E-state index contributed by atoms with van der Waals surface area (Å²) in [6, 6.07) is 14.0. The molecule has 6 heteroatoms. The molecule has 2 aromatic rings. The summed E-state index contributed by atoms with van der Waals surface area (Å²) >= 11 is 6.33. The molecule has 0 aromatic heterocycles. The maximum atomic E-state index is 12.2. The number of carbonyl (C=O) groups excluding carboxylic acids is 1. The van der Waals surface area contributed by atoms with Crippen LogP contribution in [0.15, 0.2) is 42.5 Å². The Balaban J connectivity index is 1.58. The van der Waals surface area contributed by atoms with E-state index in [0.717, 1.165) is 43.0 Å². The van der Waals surface area contributed by atoms with Gasteiger partial charge in [-0.25, -0.2) is 4.79 Å². The van der Waals surface area contributed by atoms with Gasteiger partial charge in [0, 0.05) is 28.0 Å². The average molecular weight is 431 g/mol. The van der Waals surface area contributed by atoms with Gasteiger partial charge in [0.1, 0.15) is 17.6 Å². The van der Waals surface area contributed by atoms with E-state index in [1.54, 1.807) is 0 Å². The van der Waals surface area contributed by atoms with E-state index in [1.165, 1.54) is 5.56 Å². The van der Waals surface area contributed by atoms with E-state index >= 15 is 0 Å². The average Bonchev–Trinajstić information content (AvgIpc) is 3.04. The highest BCUT2D eigenvalue weighted by Gasteiger charge is 2.48. The predicted octanol–water partition coefficient (Wildman–Crippen LogP) is 6.07. The first-order valence-corrected chi connectivity index (χ1v) is 11.0. The van der Waals surface area contributed by atoms with Crippen molar-refractivity contribution in [3.8, 4) is 11.5 Å². The van der Waals surface area contributed by atoms with Crippen molar-refractivity contribution >= 4 is 17.8 Å². The van der Waals surface area contributed by atoms with E-state index in [0.29, 0.717) is 9.51 Å². The molecule has 1 fully saturated rings. The van der Waals surface area contributed by atoms with E-state index in [9.17, 15) is 4.79 Å². The van der Waals surface area contributed by atoms with E-state index in [2.05, 4.69) is 13.1 Å². The second-order valence-corrected chi connectivity index (χ2v) is 9.04. The summed E-state index contributed by atoms with van der Waals surface area (Å²) in [5.41, 5.74) is 2.31. The molecule has 0 amide bonds. The molecule has 0 spiro atoms. The van der Waals surface area contributed by atoms with Gasteiger partial charge < -0.3 is 14.2 Å². The normalized spacial score (nSPS) is 24.3. The van der Waals surface area contributed by atoms with E-state index < -0.39 is 6.16 Å². The van der Waals surface area contributed by atoms with Gasteiger partial charge in [-0.2, -0.15) is 0 Å². The van der Waals surface area contributed by atoms with Gasteiger partial charge >= 0.3 is 6.16 Å². The molecule has 2 aliphatic heterocycles. The van der Waals surface area contributed by atoms with Gasteiger partial charge in [-0.1, -0.05) is 43.6 Å². The third-order valence-electron chi connectivity index (χ3n) is 6.34. The Labute approximate surface area is 183 Å². The molecule has 3 unspecified atom stereocenters. The van der Waals surface area contributed by atoms with Gasteiger partial charge in [0.15, 0.2) is 0 Å². The monoisotopic (exact) mass is 430 g/mol. The van der Waals surface area contributed by atoms with Crippen LogP contribution in [-0.2, 0) is 9.47 Å². The molecule has 5 nitrogen and oxygen atoms in total. The van der Waals surface area contributed by atoms with Crippen LogP contribution in [0.25, 0.3) is 0 Å². The Bertz CT molecular complexity index is 929. The van der Waals surface area contributed by atoms with Crippen molar-refractivity contribution in [2.45, 2.75) is 44.6 Å². The molecule has 0 saturated carbocycles. The third kappa shape index (κ3) is 4.14. The molecule has 2 heterocycles. The number of halogens is 1. The van der Waals surface area contributed by atoms with Crippen LogP contribution in [0.5, 0.6) is 11.5 Å². The van der Waals surface area contributed by atoms with E-state index in [-0.39, 0.29) is 24.7 Å². The van der Waals surface area contributed by atoms with Crippen molar-refractivity contribution in [1.82, 2.24) is 0 Å². The van der Waals surface area contributed by atoms with Crippen molar-refractivity contribution < 1.29 is 23.5 Å². The number of rotatable bonds is 5. The summed E-state index contributed by atoms with van der Waals surface area (Å²) in [6.07, 6.45) is 0.903. The van der Waals surface area contributed by atoms with Crippen LogP contribution in [0.4, 0.5) is 4.79 Å². The zero-order valence-electron chi connectivity index (χ0n) is 17.8. The first-order chi connectivity index (χ1) is 14.4. The van der Waals surface area contributed by atoms with Crippen LogP contribution < -0.4 is 4.74 Å². The number of ether oxygens (including phenoxy) is 3. The SMILES string of the molecule is CCC(CC)OC(=O)OC[N+]1(C)CC2c3ccccc3Oc3ccc(Cl)cc3C2C1. The predicted molar refractivity (Wildman–Crippen MR) is 116 cm³/mol. The Kier molecular flexibility index (Phi) is 5.94. The number of quaternary nitrogens is 1. The van der Waals surface area contributed by atoms with Gasteiger partial charge in [0.05, 0.1) is 20.1 Å². The maximum absolute atomic E-state index is 12.2. The molecular formula is C24H29ClNO4+. The van der Waals surface area contributed by atoms with Gasteiger partial charge in [0.2, 0.25) is 6.73 Å². The second-order valence-electron chi connectivity index (χ2n) is 8.60. The van der Waals surface area contributed by atoms with Gasteiger partial charge in [-0.3, -0.25) is 4.48 Å². The van der Waals surface area contributed by atoms with Gasteiger partial charge in [-0.05, 0) is 37.1 Å². The number of likely N-dealkylation sites (tertiary alicyclic amines) is 1. The minimum Gasteiger partial charge on any atom is -0.457 e. The van der Waals surface area contributed by atoms with Crippen LogP contribution in [0.3, 0.4) is 0 Å². The summed E-state index contributed by atoms with van der Waals surface area (Å²) < 4.78 is 17.8. The lowest BCUT2D eigenvalue weighted by Gasteiger charge is -2.29. The fourth-order valence-corrected chi connectivity index (χ4v) is 4.93. The number of benzene rings is 2. The largest absolute Gasteiger partial charge is 0.512 e. The van der Waals surface area contributed by atoms with Crippen molar-refractivity contribution in [3.05, 3.63) is 58.6 Å². The molecule has 0 radical (unpaired) electrons. The number of hydrogen-bond acceptors (Lipinski definition) is 4. The lowest BCUT2D eigenvalue weighted by Crippen LogP contribution is -2.44. The Hall–Kier alpha value is -2.24. The zero-order chi connectivity index (χ0) is 21.3. The fraction of sp³-hybridized carbons (Fsp3) is 0.458. The van der Waals surface area contributed by atoms with Gasteiger partial charge in [0.25, 0.3) is 0 Å². The molecule has 0 aliphatic carbocycles. The standard InChI is InChI=1S/C24H29ClNO4/c1-4-17(5-2)29-24(27)28-15-26(3)13-20-18-8-6-7-9-22(18)30-23-11-10-16(25)12-19(23)21(20)14-26/h6-12,17,20-21H,4-5,13-15H2,1-3H3/q+1. The Morgan fingerprint density at radius 1 is 1.10 bits per heavy atom. The Morgan fingerprint density at radius 2 is 1.77 bits per heavy atom. The maximum Gasteiger partial charge on any atom is 0.512 e. The molecular weight excluding hydrogens is 402 g/mol.